The van der Waals surface area contributed by atoms with Crippen LogP contribution in [0.4, 0.5) is 0 Å². The van der Waals surface area contributed by atoms with E-state index in [1.54, 1.807) is 24.3 Å². The van der Waals surface area contributed by atoms with Gasteiger partial charge < -0.3 is 14.6 Å². The minimum atomic E-state index is -0.510. The number of hydrogen-bond acceptors (Lipinski definition) is 8. The van der Waals surface area contributed by atoms with Crippen molar-refractivity contribution in [2.24, 2.45) is 11.8 Å². The zero-order valence-corrected chi connectivity index (χ0v) is 17.3. The van der Waals surface area contributed by atoms with Crippen LogP contribution in [0, 0.1) is 11.8 Å². The Hall–Kier alpha value is -2.97. The molecule has 0 amide bonds. The molecule has 1 saturated carbocycles. The number of likely N-dealkylation sites (tertiary alicyclic amines) is 1. The first kappa shape index (κ1) is 20.0. The van der Waals surface area contributed by atoms with Crippen LogP contribution >= 0.6 is 0 Å². The molecule has 31 heavy (non-hydrogen) atoms. The van der Waals surface area contributed by atoms with Gasteiger partial charge in [-0.05, 0) is 70.9 Å². The molecule has 162 valence electrons. The lowest BCUT2D eigenvalue weighted by atomic mass is 9.78. The molecule has 1 N–H and O–H groups in total. The summed E-state index contributed by atoms with van der Waals surface area (Å²) in [5, 5.41) is 18.7. The number of aliphatic hydroxyl groups excluding tert-OH is 1. The summed E-state index contributed by atoms with van der Waals surface area (Å²) >= 11 is 0. The van der Waals surface area contributed by atoms with Gasteiger partial charge >= 0.3 is 5.97 Å². The largest absolute Gasteiger partial charge is 0.488 e. The van der Waals surface area contributed by atoms with Crippen molar-refractivity contribution in [2.75, 3.05) is 20.2 Å². The Morgan fingerprint density at radius 1 is 1.13 bits per heavy atom. The van der Waals surface area contributed by atoms with Crippen LogP contribution in [0.15, 0.2) is 47.1 Å². The molecule has 2 fully saturated rings. The van der Waals surface area contributed by atoms with Crippen molar-refractivity contribution in [3.05, 3.63) is 53.6 Å². The number of hydrogen-bond donors (Lipinski definition) is 1. The molecule has 1 aliphatic carbocycles. The monoisotopic (exact) mass is 423 g/mol. The molecular formula is C23H25N3O5. The van der Waals surface area contributed by atoms with E-state index < -0.39 is 6.10 Å². The van der Waals surface area contributed by atoms with Crippen molar-refractivity contribution in [1.29, 1.82) is 0 Å². The number of rotatable bonds is 5. The molecule has 0 spiro atoms. The maximum atomic E-state index is 11.6. The van der Waals surface area contributed by atoms with Crippen LogP contribution in [-0.4, -0.2) is 58.7 Å². The van der Waals surface area contributed by atoms with Crippen molar-refractivity contribution >= 4 is 17.0 Å². The van der Waals surface area contributed by atoms with Crippen LogP contribution in [0.3, 0.4) is 0 Å². The maximum Gasteiger partial charge on any atom is 0.337 e. The van der Waals surface area contributed by atoms with Gasteiger partial charge in [0.05, 0.1) is 18.8 Å². The van der Waals surface area contributed by atoms with Crippen molar-refractivity contribution in [3.8, 4) is 5.75 Å². The van der Waals surface area contributed by atoms with E-state index in [4.69, 9.17) is 14.1 Å². The molecule has 5 rings (SSSR count). The van der Waals surface area contributed by atoms with E-state index in [1.807, 2.05) is 12.1 Å². The lowest BCUT2D eigenvalue weighted by Gasteiger charge is -2.35. The second-order valence-corrected chi connectivity index (χ2v) is 8.47. The molecule has 8 nitrogen and oxygen atoms in total. The summed E-state index contributed by atoms with van der Waals surface area (Å²) in [5.74, 6) is 1.19. The summed E-state index contributed by atoms with van der Waals surface area (Å²) in [6.07, 6.45) is 0.761. The first-order valence-corrected chi connectivity index (χ1v) is 10.6. The first-order chi connectivity index (χ1) is 15.1. The zero-order chi connectivity index (χ0) is 21.4. The molecule has 0 unspecified atom stereocenters. The molecule has 2 aliphatic rings. The number of fused-ring (bicyclic) bond motifs is 2. The summed E-state index contributed by atoms with van der Waals surface area (Å²) in [6.45, 7) is 2.69. The number of aromatic nitrogens is 2. The summed E-state index contributed by atoms with van der Waals surface area (Å²) in [7, 11) is 1.36. The number of benzene rings is 2. The zero-order valence-electron chi connectivity index (χ0n) is 17.3. The maximum absolute atomic E-state index is 11.6. The predicted molar refractivity (Wildman–Crippen MR) is 111 cm³/mol. The third-order valence-corrected chi connectivity index (χ3v) is 6.49. The van der Waals surface area contributed by atoms with Gasteiger partial charge in [-0.1, -0.05) is 12.1 Å². The van der Waals surface area contributed by atoms with E-state index in [2.05, 4.69) is 21.3 Å². The Kier molecular flexibility index (Phi) is 5.33. The van der Waals surface area contributed by atoms with Crippen LogP contribution in [0.5, 0.6) is 5.75 Å². The van der Waals surface area contributed by atoms with Gasteiger partial charge in [-0.15, -0.1) is 0 Å². The standard InChI is InChI=1S/C23H25N3O5/c1-29-23(28)14-5-7-18(8-6-14)30-21-10-17-13-26(12-16(17)9-20(21)27)11-15-3-2-4-19-22(15)25-31-24-19/h2-8,16-17,20-21,27H,9-13H2,1H3/t16-,17+,20-,21-/m0/s1. The molecule has 2 heterocycles. The molecule has 1 saturated heterocycles. The average molecular weight is 423 g/mol. The second kappa shape index (κ2) is 8.28. The highest BCUT2D eigenvalue weighted by molar-refractivity contribution is 5.89. The summed E-state index contributed by atoms with van der Waals surface area (Å²) < 4.78 is 15.7. The molecule has 1 aliphatic heterocycles. The number of carbonyl (C=O) groups is 1. The Balaban J connectivity index is 1.22. The second-order valence-electron chi connectivity index (χ2n) is 8.47. The average Bonchev–Trinajstić information content (AvgIpc) is 3.41. The fourth-order valence-electron chi connectivity index (χ4n) is 4.94. The number of ether oxygens (including phenoxy) is 2. The van der Waals surface area contributed by atoms with Crippen LogP contribution in [0.25, 0.3) is 11.0 Å². The summed E-state index contributed by atoms with van der Waals surface area (Å²) in [6, 6.07) is 12.8. The highest BCUT2D eigenvalue weighted by Crippen LogP contribution is 2.38. The Labute approximate surface area is 179 Å². The van der Waals surface area contributed by atoms with Gasteiger partial charge in [-0.2, -0.15) is 0 Å². The minimum Gasteiger partial charge on any atom is -0.488 e. The van der Waals surface area contributed by atoms with E-state index in [-0.39, 0.29) is 12.1 Å². The van der Waals surface area contributed by atoms with Crippen LogP contribution in [0.2, 0.25) is 0 Å². The number of carbonyl (C=O) groups excluding carboxylic acids is 1. The molecule has 0 bridgehead atoms. The highest BCUT2D eigenvalue weighted by atomic mass is 16.6. The Morgan fingerprint density at radius 3 is 2.68 bits per heavy atom. The van der Waals surface area contributed by atoms with Crippen molar-refractivity contribution in [2.45, 2.75) is 31.6 Å². The van der Waals surface area contributed by atoms with E-state index >= 15 is 0 Å². The van der Waals surface area contributed by atoms with E-state index in [0.29, 0.717) is 23.1 Å². The van der Waals surface area contributed by atoms with E-state index in [0.717, 1.165) is 49.1 Å². The topological polar surface area (TPSA) is 97.9 Å². The molecule has 2 aromatic carbocycles. The fraction of sp³-hybridized carbons (Fsp3) is 0.435. The number of aliphatic hydroxyl groups is 1. The molecule has 4 atom stereocenters. The summed E-state index contributed by atoms with van der Waals surface area (Å²) in [5.41, 5.74) is 3.17. The van der Waals surface area contributed by atoms with E-state index in [1.165, 1.54) is 7.11 Å². The lowest BCUT2D eigenvalue weighted by Crippen LogP contribution is -2.42. The van der Waals surface area contributed by atoms with Crippen molar-refractivity contribution in [3.63, 3.8) is 0 Å². The SMILES string of the molecule is COC(=O)c1ccc(O[C@H]2C[C@@H]3CN(Cc4cccc5nonc45)C[C@@H]3C[C@@H]2O)cc1. The quantitative estimate of drug-likeness (QED) is 0.626. The van der Waals surface area contributed by atoms with Crippen LogP contribution in [-0.2, 0) is 11.3 Å². The third-order valence-electron chi connectivity index (χ3n) is 6.49. The van der Waals surface area contributed by atoms with Gasteiger partial charge in [-0.25, -0.2) is 9.42 Å². The van der Waals surface area contributed by atoms with Gasteiger partial charge in [0, 0.05) is 19.6 Å². The minimum absolute atomic E-state index is 0.256. The van der Waals surface area contributed by atoms with Gasteiger partial charge in [0.25, 0.3) is 0 Å². The van der Waals surface area contributed by atoms with Gasteiger partial charge in [-0.3, -0.25) is 4.90 Å². The molecule has 1 aromatic heterocycles. The van der Waals surface area contributed by atoms with Crippen molar-refractivity contribution in [1.82, 2.24) is 15.2 Å². The number of nitrogens with zero attached hydrogens (tertiary/aromatic N) is 3. The van der Waals surface area contributed by atoms with Crippen LogP contribution < -0.4 is 4.74 Å². The van der Waals surface area contributed by atoms with Crippen LogP contribution in [0.1, 0.15) is 28.8 Å². The molecular weight excluding hydrogens is 398 g/mol. The molecule has 8 heteroatoms. The van der Waals surface area contributed by atoms with Gasteiger partial charge in [0.1, 0.15) is 22.9 Å². The molecule has 3 aromatic rings. The van der Waals surface area contributed by atoms with Crippen molar-refractivity contribution < 1.29 is 24.0 Å². The highest BCUT2D eigenvalue weighted by Gasteiger charge is 2.42. The molecule has 0 radical (unpaired) electrons. The number of esters is 1. The van der Waals surface area contributed by atoms with Gasteiger partial charge in [0.2, 0.25) is 0 Å². The lowest BCUT2D eigenvalue weighted by molar-refractivity contribution is -0.0231. The van der Waals surface area contributed by atoms with E-state index in [9.17, 15) is 9.90 Å². The smallest absolute Gasteiger partial charge is 0.337 e. The first-order valence-electron chi connectivity index (χ1n) is 10.6. The normalized spacial score (nSPS) is 26.0. The number of methoxy groups -OCH3 is 1. The van der Waals surface area contributed by atoms with Gasteiger partial charge in [0.15, 0.2) is 0 Å². The Bertz CT molecular complexity index is 1070. The predicted octanol–water partition coefficient (Wildman–Crippen LogP) is 2.66. The third kappa shape index (κ3) is 4.00. The Morgan fingerprint density at radius 2 is 1.90 bits per heavy atom. The fourth-order valence-corrected chi connectivity index (χ4v) is 4.94. The summed E-state index contributed by atoms with van der Waals surface area (Å²) in [4.78, 5) is 14.0.